The Hall–Kier alpha value is -0.830. The Bertz CT molecular complexity index is 433. The van der Waals surface area contributed by atoms with Crippen molar-refractivity contribution in [2.45, 2.75) is 50.3 Å². The quantitative estimate of drug-likeness (QED) is 0.637. The van der Waals surface area contributed by atoms with E-state index in [4.69, 9.17) is 0 Å². The molecule has 1 aromatic rings. The Balaban J connectivity index is 2.35. The van der Waals surface area contributed by atoms with Crippen LogP contribution in [0.1, 0.15) is 45.4 Å². The van der Waals surface area contributed by atoms with Crippen molar-refractivity contribution < 1.29 is 4.21 Å². The molecule has 0 bridgehead atoms. The summed E-state index contributed by atoms with van der Waals surface area (Å²) in [7, 11) is -2.18. The molecule has 1 rings (SSSR count). The van der Waals surface area contributed by atoms with E-state index in [1.165, 1.54) is 32.1 Å². The summed E-state index contributed by atoms with van der Waals surface area (Å²) in [4.78, 5) is 0.844. The minimum Gasteiger partial charge on any atom is -0.245 e. The van der Waals surface area contributed by atoms with Crippen LogP contribution in [0.5, 0.6) is 0 Å². The fourth-order valence-electron chi connectivity index (χ4n) is 1.88. The van der Waals surface area contributed by atoms with Gasteiger partial charge in [0.2, 0.25) is 0 Å². The highest BCUT2D eigenvalue weighted by atomic mass is 32.2. The molecule has 0 amide bonds. The summed E-state index contributed by atoms with van der Waals surface area (Å²) < 4.78 is 16.7. The van der Waals surface area contributed by atoms with Gasteiger partial charge in [-0.2, -0.15) is 0 Å². The normalized spacial score (nSPS) is 14.1. The Morgan fingerprint density at radius 2 is 1.61 bits per heavy atom. The maximum absolute atomic E-state index is 12.4. The lowest BCUT2D eigenvalue weighted by atomic mass is 10.1. The van der Waals surface area contributed by atoms with Gasteiger partial charge < -0.3 is 0 Å². The summed E-state index contributed by atoms with van der Waals surface area (Å²) in [6.07, 6.45) is 9.19. The lowest BCUT2D eigenvalue weighted by Gasteiger charge is -2.04. The molecule has 2 nitrogen and oxygen atoms in total. The van der Waals surface area contributed by atoms with Crippen molar-refractivity contribution in [3.05, 3.63) is 30.3 Å². The molecule has 0 heterocycles. The SMILES string of the molecule is CCCCCCCCN=S(C)(=O)c1ccccc1. The van der Waals surface area contributed by atoms with Gasteiger partial charge in [-0.3, -0.25) is 0 Å². The highest BCUT2D eigenvalue weighted by molar-refractivity contribution is 7.93. The molecule has 0 N–H and O–H groups in total. The van der Waals surface area contributed by atoms with Gasteiger partial charge in [0.1, 0.15) is 0 Å². The Labute approximate surface area is 112 Å². The molecular formula is C15H25NOS. The molecule has 0 spiro atoms. The molecule has 0 fully saturated rings. The monoisotopic (exact) mass is 267 g/mol. The topological polar surface area (TPSA) is 29.4 Å². The van der Waals surface area contributed by atoms with Crippen molar-refractivity contribution in [3.8, 4) is 0 Å². The van der Waals surface area contributed by atoms with Gasteiger partial charge in [0.25, 0.3) is 0 Å². The Kier molecular flexibility index (Phi) is 7.02. The van der Waals surface area contributed by atoms with E-state index in [1.54, 1.807) is 6.26 Å². The molecular weight excluding hydrogens is 242 g/mol. The second-order valence-electron chi connectivity index (χ2n) is 4.74. The van der Waals surface area contributed by atoms with Gasteiger partial charge in [0.15, 0.2) is 0 Å². The predicted octanol–water partition coefficient (Wildman–Crippen LogP) is 4.50. The van der Waals surface area contributed by atoms with Gasteiger partial charge in [0, 0.05) is 17.7 Å². The van der Waals surface area contributed by atoms with Crippen molar-refractivity contribution >= 4 is 9.73 Å². The van der Waals surface area contributed by atoms with Crippen molar-refractivity contribution in [2.75, 3.05) is 12.8 Å². The van der Waals surface area contributed by atoms with Crippen molar-refractivity contribution in [1.82, 2.24) is 0 Å². The first-order valence-corrected chi connectivity index (χ1v) is 8.82. The Morgan fingerprint density at radius 3 is 2.28 bits per heavy atom. The average Bonchev–Trinajstić information content (AvgIpc) is 2.39. The molecule has 0 aliphatic heterocycles. The maximum Gasteiger partial charge on any atom is 0.0723 e. The van der Waals surface area contributed by atoms with Gasteiger partial charge in [-0.05, 0) is 18.6 Å². The third-order valence-electron chi connectivity index (χ3n) is 3.03. The molecule has 3 heteroatoms. The van der Waals surface area contributed by atoms with Crippen molar-refractivity contribution in [3.63, 3.8) is 0 Å². The van der Waals surface area contributed by atoms with Gasteiger partial charge in [-0.15, -0.1) is 0 Å². The summed E-state index contributed by atoms with van der Waals surface area (Å²) in [5.41, 5.74) is 0. The predicted molar refractivity (Wildman–Crippen MR) is 79.4 cm³/mol. The molecule has 102 valence electrons. The molecule has 0 aliphatic carbocycles. The van der Waals surface area contributed by atoms with Crippen LogP contribution in [0.25, 0.3) is 0 Å². The number of benzene rings is 1. The number of rotatable bonds is 8. The smallest absolute Gasteiger partial charge is 0.0723 e. The van der Waals surface area contributed by atoms with E-state index in [0.29, 0.717) is 0 Å². The van der Waals surface area contributed by atoms with Crippen LogP contribution in [-0.4, -0.2) is 17.0 Å². The summed E-state index contributed by atoms with van der Waals surface area (Å²) in [5, 5.41) is 0. The third-order valence-corrected chi connectivity index (χ3v) is 4.85. The van der Waals surface area contributed by atoms with Crippen molar-refractivity contribution in [2.24, 2.45) is 4.36 Å². The molecule has 0 saturated heterocycles. The molecule has 1 unspecified atom stereocenters. The van der Waals surface area contributed by atoms with Gasteiger partial charge in [0.05, 0.1) is 9.73 Å². The molecule has 0 aromatic heterocycles. The van der Waals surface area contributed by atoms with Crippen LogP contribution in [0, 0.1) is 0 Å². The van der Waals surface area contributed by atoms with E-state index in [-0.39, 0.29) is 0 Å². The molecule has 1 atom stereocenters. The minimum absolute atomic E-state index is 0.719. The standard InChI is InChI=1S/C15H25NOS/c1-3-4-5-6-7-11-14-16-18(2,17)15-12-9-8-10-13-15/h8-10,12-13H,3-7,11,14H2,1-2H3. The van der Waals surface area contributed by atoms with Crippen LogP contribution < -0.4 is 0 Å². The second kappa shape index (κ2) is 8.30. The van der Waals surface area contributed by atoms with E-state index in [1.807, 2.05) is 30.3 Å². The minimum atomic E-state index is -2.18. The number of hydrogen-bond donors (Lipinski definition) is 0. The number of nitrogens with zero attached hydrogens (tertiary/aromatic N) is 1. The fraction of sp³-hybridized carbons (Fsp3) is 0.600. The van der Waals surface area contributed by atoms with Crippen LogP contribution in [0.3, 0.4) is 0 Å². The fourth-order valence-corrected chi connectivity index (χ4v) is 3.17. The number of hydrogen-bond acceptors (Lipinski definition) is 2. The van der Waals surface area contributed by atoms with Crippen molar-refractivity contribution in [1.29, 1.82) is 0 Å². The highest BCUT2D eigenvalue weighted by Crippen LogP contribution is 2.11. The lowest BCUT2D eigenvalue weighted by molar-refractivity contribution is 0.611. The van der Waals surface area contributed by atoms with E-state index in [0.717, 1.165) is 17.9 Å². The highest BCUT2D eigenvalue weighted by Gasteiger charge is 2.03. The van der Waals surface area contributed by atoms with E-state index in [9.17, 15) is 4.21 Å². The van der Waals surface area contributed by atoms with Gasteiger partial charge >= 0.3 is 0 Å². The molecule has 0 aliphatic rings. The molecule has 0 radical (unpaired) electrons. The molecule has 18 heavy (non-hydrogen) atoms. The first-order chi connectivity index (χ1) is 8.67. The van der Waals surface area contributed by atoms with Gasteiger partial charge in [-0.1, -0.05) is 57.2 Å². The second-order valence-corrected chi connectivity index (χ2v) is 7.07. The summed E-state index contributed by atoms with van der Waals surface area (Å²) >= 11 is 0. The van der Waals surface area contributed by atoms with E-state index in [2.05, 4.69) is 11.3 Å². The van der Waals surface area contributed by atoms with Crippen LogP contribution >= 0.6 is 0 Å². The van der Waals surface area contributed by atoms with Crippen LogP contribution in [0.2, 0.25) is 0 Å². The van der Waals surface area contributed by atoms with E-state index >= 15 is 0 Å². The summed E-state index contributed by atoms with van der Waals surface area (Å²) in [6.45, 7) is 2.94. The Morgan fingerprint density at radius 1 is 1.00 bits per heavy atom. The average molecular weight is 267 g/mol. The molecule has 1 aromatic carbocycles. The lowest BCUT2D eigenvalue weighted by Crippen LogP contribution is -1.98. The molecule has 0 saturated carbocycles. The largest absolute Gasteiger partial charge is 0.245 e. The van der Waals surface area contributed by atoms with Crippen LogP contribution in [0.15, 0.2) is 39.6 Å². The van der Waals surface area contributed by atoms with Gasteiger partial charge in [-0.25, -0.2) is 8.57 Å². The summed E-state index contributed by atoms with van der Waals surface area (Å²) in [5.74, 6) is 0. The third kappa shape index (κ3) is 5.67. The number of unbranched alkanes of at least 4 members (excludes halogenated alkanes) is 5. The first-order valence-electron chi connectivity index (χ1n) is 6.90. The summed E-state index contributed by atoms with van der Waals surface area (Å²) in [6, 6.07) is 9.56. The maximum atomic E-state index is 12.4. The zero-order valence-electron chi connectivity index (χ0n) is 11.6. The first kappa shape index (κ1) is 15.2. The van der Waals surface area contributed by atoms with Crippen LogP contribution in [-0.2, 0) is 9.73 Å². The zero-order valence-corrected chi connectivity index (χ0v) is 12.4. The van der Waals surface area contributed by atoms with E-state index < -0.39 is 9.73 Å². The zero-order chi connectivity index (χ0) is 13.3. The van der Waals surface area contributed by atoms with Crippen LogP contribution in [0.4, 0.5) is 0 Å².